The number of amides is 1. The lowest BCUT2D eigenvalue weighted by Gasteiger charge is -2.07. The Balaban J connectivity index is 1.82. The standard InChI is InChI=1S/C18H23FN4O/c1-2-3-6-11-21-18-22-13-10-16(23-18)17(24)20-12-9-14-7-4-5-8-15(14)19/h4-5,7-8,10,13H,2-3,6,9,11-12H2,1H3,(H,20,24)(H,21,22,23). The van der Waals surface area contributed by atoms with Gasteiger partial charge in [-0.2, -0.15) is 0 Å². The van der Waals surface area contributed by atoms with Gasteiger partial charge in [-0.15, -0.1) is 0 Å². The van der Waals surface area contributed by atoms with Crippen LogP contribution in [0.15, 0.2) is 36.5 Å². The molecule has 2 N–H and O–H groups in total. The maximum atomic E-state index is 13.5. The number of anilines is 1. The number of unbranched alkanes of at least 4 members (excludes halogenated alkanes) is 2. The fraction of sp³-hybridized carbons (Fsp3) is 0.389. The molecule has 0 fully saturated rings. The summed E-state index contributed by atoms with van der Waals surface area (Å²) >= 11 is 0. The highest BCUT2D eigenvalue weighted by molar-refractivity contribution is 5.92. The van der Waals surface area contributed by atoms with Gasteiger partial charge in [0.25, 0.3) is 5.91 Å². The zero-order chi connectivity index (χ0) is 17.2. The smallest absolute Gasteiger partial charge is 0.270 e. The van der Waals surface area contributed by atoms with E-state index in [1.807, 2.05) is 0 Å². The molecule has 0 aliphatic carbocycles. The highest BCUT2D eigenvalue weighted by Gasteiger charge is 2.09. The van der Waals surface area contributed by atoms with Crippen LogP contribution in [-0.4, -0.2) is 29.0 Å². The van der Waals surface area contributed by atoms with Gasteiger partial charge in [0, 0.05) is 19.3 Å². The van der Waals surface area contributed by atoms with Crippen LogP contribution in [0.3, 0.4) is 0 Å². The molecule has 0 aliphatic rings. The summed E-state index contributed by atoms with van der Waals surface area (Å²) in [6, 6.07) is 8.12. The topological polar surface area (TPSA) is 66.9 Å². The van der Waals surface area contributed by atoms with Crippen molar-refractivity contribution in [3.63, 3.8) is 0 Å². The number of hydrogen-bond donors (Lipinski definition) is 2. The van der Waals surface area contributed by atoms with Gasteiger partial charge in [0.1, 0.15) is 11.5 Å². The van der Waals surface area contributed by atoms with Crippen LogP contribution in [-0.2, 0) is 6.42 Å². The first-order valence-electron chi connectivity index (χ1n) is 8.29. The van der Waals surface area contributed by atoms with Crippen molar-refractivity contribution >= 4 is 11.9 Å². The van der Waals surface area contributed by atoms with Gasteiger partial charge in [-0.05, 0) is 30.5 Å². The van der Waals surface area contributed by atoms with Crippen LogP contribution in [0.2, 0.25) is 0 Å². The minimum atomic E-state index is -0.287. The molecule has 0 aliphatic heterocycles. The van der Waals surface area contributed by atoms with Crippen LogP contribution in [0, 0.1) is 5.82 Å². The average molecular weight is 330 g/mol. The summed E-state index contributed by atoms with van der Waals surface area (Å²) in [5.74, 6) is -0.0921. The summed E-state index contributed by atoms with van der Waals surface area (Å²) < 4.78 is 13.5. The fourth-order valence-electron chi connectivity index (χ4n) is 2.25. The number of nitrogens with zero attached hydrogens (tertiary/aromatic N) is 2. The second-order valence-electron chi connectivity index (χ2n) is 5.50. The van der Waals surface area contributed by atoms with Crippen molar-refractivity contribution in [3.8, 4) is 0 Å². The minimum Gasteiger partial charge on any atom is -0.354 e. The fourth-order valence-corrected chi connectivity index (χ4v) is 2.25. The highest BCUT2D eigenvalue weighted by Crippen LogP contribution is 2.06. The van der Waals surface area contributed by atoms with Crippen LogP contribution < -0.4 is 10.6 Å². The molecule has 1 amide bonds. The predicted octanol–water partition coefficient (Wildman–Crippen LogP) is 3.19. The predicted molar refractivity (Wildman–Crippen MR) is 92.5 cm³/mol. The first-order chi connectivity index (χ1) is 11.7. The Kier molecular flexibility index (Phi) is 7.14. The molecule has 1 aromatic heterocycles. The minimum absolute atomic E-state index is 0.257. The van der Waals surface area contributed by atoms with Crippen molar-refractivity contribution in [2.24, 2.45) is 0 Å². The molecule has 24 heavy (non-hydrogen) atoms. The third-order valence-electron chi connectivity index (χ3n) is 3.59. The Morgan fingerprint density at radius 3 is 2.79 bits per heavy atom. The first kappa shape index (κ1) is 17.8. The van der Waals surface area contributed by atoms with E-state index in [0.29, 0.717) is 30.2 Å². The lowest BCUT2D eigenvalue weighted by molar-refractivity contribution is 0.0949. The van der Waals surface area contributed by atoms with E-state index in [-0.39, 0.29) is 11.7 Å². The number of nitrogens with one attached hydrogen (secondary N) is 2. The van der Waals surface area contributed by atoms with Gasteiger partial charge >= 0.3 is 0 Å². The Hall–Kier alpha value is -2.50. The van der Waals surface area contributed by atoms with Crippen molar-refractivity contribution in [2.75, 3.05) is 18.4 Å². The lowest BCUT2D eigenvalue weighted by atomic mass is 10.1. The molecule has 0 spiro atoms. The van der Waals surface area contributed by atoms with Crippen LogP contribution in [0.25, 0.3) is 0 Å². The van der Waals surface area contributed by atoms with Gasteiger partial charge in [-0.25, -0.2) is 14.4 Å². The van der Waals surface area contributed by atoms with E-state index in [2.05, 4.69) is 27.5 Å². The van der Waals surface area contributed by atoms with E-state index < -0.39 is 0 Å². The molecule has 6 heteroatoms. The quantitative estimate of drug-likeness (QED) is 0.693. The van der Waals surface area contributed by atoms with Crippen LogP contribution in [0.4, 0.5) is 10.3 Å². The lowest BCUT2D eigenvalue weighted by Crippen LogP contribution is -2.27. The van der Waals surface area contributed by atoms with E-state index in [0.717, 1.165) is 25.8 Å². The normalized spacial score (nSPS) is 10.4. The summed E-state index contributed by atoms with van der Waals surface area (Å²) in [6.07, 6.45) is 5.32. The molecular formula is C18H23FN4O. The number of carbonyl (C=O) groups excluding carboxylic acids is 1. The number of aromatic nitrogens is 2. The molecule has 128 valence electrons. The molecule has 2 aromatic rings. The summed E-state index contributed by atoms with van der Waals surface area (Å²) in [5, 5.41) is 5.87. The number of benzene rings is 1. The molecule has 0 unspecified atom stereocenters. The van der Waals surface area contributed by atoms with Crippen molar-refractivity contribution in [1.29, 1.82) is 0 Å². The van der Waals surface area contributed by atoms with Crippen molar-refractivity contribution in [3.05, 3.63) is 53.6 Å². The third kappa shape index (κ3) is 5.61. The molecule has 1 aromatic carbocycles. The van der Waals surface area contributed by atoms with E-state index in [9.17, 15) is 9.18 Å². The molecule has 0 bridgehead atoms. The van der Waals surface area contributed by atoms with E-state index in [1.54, 1.807) is 30.5 Å². The Morgan fingerprint density at radius 2 is 2.00 bits per heavy atom. The van der Waals surface area contributed by atoms with Gasteiger partial charge in [0.05, 0.1) is 0 Å². The second-order valence-corrected chi connectivity index (χ2v) is 5.50. The average Bonchev–Trinajstić information content (AvgIpc) is 2.60. The van der Waals surface area contributed by atoms with Gasteiger partial charge in [0.2, 0.25) is 5.95 Å². The van der Waals surface area contributed by atoms with Gasteiger partial charge < -0.3 is 10.6 Å². The highest BCUT2D eigenvalue weighted by atomic mass is 19.1. The van der Waals surface area contributed by atoms with Crippen molar-refractivity contribution in [2.45, 2.75) is 32.6 Å². The molecule has 2 rings (SSSR count). The van der Waals surface area contributed by atoms with Gasteiger partial charge in [-0.3, -0.25) is 4.79 Å². The molecule has 5 nitrogen and oxygen atoms in total. The zero-order valence-electron chi connectivity index (χ0n) is 13.9. The first-order valence-corrected chi connectivity index (χ1v) is 8.29. The summed E-state index contributed by atoms with van der Waals surface area (Å²) in [6.45, 7) is 3.28. The number of halogens is 1. The molecule has 0 atom stereocenters. The van der Waals surface area contributed by atoms with Gasteiger partial charge in [-0.1, -0.05) is 38.0 Å². The Labute approximate surface area is 141 Å². The van der Waals surface area contributed by atoms with E-state index >= 15 is 0 Å². The number of carbonyl (C=O) groups is 1. The monoisotopic (exact) mass is 330 g/mol. The Morgan fingerprint density at radius 1 is 1.17 bits per heavy atom. The van der Waals surface area contributed by atoms with Gasteiger partial charge in [0.15, 0.2) is 0 Å². The summed E-state index contributed by atoms with van der Waals surface area (Å²) in [5.41, 5.74) is 0.885. The zero-order valence-corrected chi connectivity index (χ0v) is 13.9. The van der Waals surface area contributed by atoms with Crippen molar-refractivity contribution in [1.82, 2.24) is 15.3 Å². The molecule has 0 saturated heterocycles. The largest absolute Gasteiger partial charge is 0.354 e. The summed E-state index contributed by atoms with van der Waals surface area (Å²) in [7, 11) is 0. The van der Waals surface area contributed by atoms with Crippen LogP contribution in [0.1, 0.15) is 42.2 Å². The van der Waals surface area contributed by atoms with E-state index in [1.165, 1.54) is 6.07 Å². The maximum Gasteiger partial charge on any atom is 0.270 e. The Bertz CT molecular complexity index is 663. The summed E-state index contributed by atoms with van der Waals surface area (Å²) in [4.78, 5) is 20.4. The molecular weight excluding hydrogens is 307 g/mol. The van der Waals surface area contributed by atoms with Crippen molar-refractivity contribution < 1.29 is 9.18 Å². The number of hydrogen-bond acceptors (Lipinski definition) is 4. The maximum absolute atomic E-state index is 13.5. The third-order valence-corrected chi connectivity index (χ3v) is 3.59. The SMILES string of the molecule is CCCCCNc1nccc(C(=O)NCCc2ccccc2F)n1. The second kappa shape index (κ2) is 9.60. The molecule has 0 saturated carbocycles. The molecule has 1 heterocycles. The van der Waals surface area contributed by atoms with Crippen LogP contribution >= 0.6 is 0 Å². The van der Waals surface area contributed by atoms with Crippen LogP contribution in [0.5, 0.6) is 0 Å². The number of rotatable bonds is 9. The van der Waals surface area contributed by atoms with E-state index in [4.69, 9.17) is 0 Å². The molecule has 0 radical (unpaired) electrons.